The van der Waals surface area contributed by atoms with Gasteiger partial charge in [0.25, 0.3) is 0 Å². The Morgan fingerprint density at radius 1 is 1.14 bits per heavy atom. The van der Waals surface area contributed by atoms with Crippen LogP contribution in [0.15, 0.2) is 29.2 Å². The van der Waals surface area contributed by atoms with Crippen LogP contribution in [0, 0.1) is 0 Å². The first-order chi connectivity index (χ1) is 10.5. The molecule has 0 spiro atoms. The SMILES string of the molecule is COC(=O)c1ccccc1S(=O)(=O)N1CCN(C2CC2)CC1. The topological polar surface area (TPSA) is 66.9 Å². The van der Waals surface area contributed by atoms with Crippen LogP contribution in [0.2, 0.25) is 0 Å². The molecule has 1 saturated heterocycles. The Morgan fingerprint density at radius 3 is 2.36 bits per heavy atom. The summed E-state index contributed by atoms with van der Waals surface area (Å²) in [7, 11) is -2.42. The zero-order valence-corrected chi connectivity index (χ0v) is 13.4. The van der Waals surface area contributed by atoms with Gasteiger partial charge in [0.15, 0.2) is 0 Å². The van der Waals surface area contributed by atoms with Crippen molar-refractivity contribution < 1.29 is 17.9 Å². The number of ether oxygens (including phenoxy) is 1. The van der Waals surface area contributed by atoms with Gasteiger partial charge in [0.1, 0.15) is 0 Å². The van der Waals surface area contributed by atoms with E-state index in [-0.39, 0.29) is 10.5 Å². The van der Waals surface area contributed by atoms with Gasteiger partial charge in [0.2, 0.25) is 10.0 Å². The number of carbonyl (C=O) groups excluding carboxylic acids is 1. The van der Waals surface area contributed by atoms with Gasteiger partial charge in [0.05, 0.1) is 17.6 Å². The van der Waals surface area contributed by atoms with Gasteiger partial charge in [0, 0.05) is 32.2 Å². The molecule has 0 amide bonds. The molecule has 1 aromatic carbocycles. The van der Waals surface area contributed by atoms with Crippen molar-refractivity contribution in [2.24, 2.45) is 0 Å². The van der Waals surface area contributed by atoms with E-state index >= 15 is 0 Å². The molecule has 0 atom stereocenters. The molecule has 3 rings (SSSR count). The monoisotopic (exact) mass is 324 g/mol. The average Bonchev–Trinajstić information content (AvgIpc) is 3.39. The van der Waals surface area contributed by atoms with Gasteiger partial charge in [-0.25, -0.2) is 13.2 Å². The molecule has 0 unspecified atom stereocenters. The number of hydrogen-bond donors (Lipinski definition) is 0. The summed E-state index contributed by atoms with van der Waals surface area (Å²) < 4.78 is 31.8. The summed E-state index contributed by atoms with van der Waals surface area (Å²) in [6.07, 6.45) is 2.44. The van der Waals surface area contributed by atoms with Crippen LogP contribution in [0.3, 0.4) is 0 Å². The average molecular weight is 324 g/mol. The van der Waals surface area contributed by atoms with Crippen molar-refractivity contribution >= 4 is 16.0 Å². The number of rotatable bonds is 4. The first kappa shape index (κ1) is 15.5. The lowest BCUT2D eigenvalue weighted by molar-refractivity contribution is 0.0596. The molecule has 0 aromatic heterocycles. The molecular weight excluding hydrogens is 304 g/mol. The summed E-state index contributed by atoms with van der Waals surface area (Å²) in [6, 6.07) is 6.86. The summed E-state index contributed by atoms with van der Waals surface area (Å²) >= 11 is 0. The summed E-state index contributed by atoms with van der Waals surface area (Å²) in [5, 5.41) is 0. The highest BCUT2D eigenvalue weighted by molar-refractivity contribution is 7.89. The molecule has 0 radical (unpaired) electrons. The van der Waals surface area contributed by atoms with Crippen LogP contribution in [0.25, 0.3) is 0 Å². The third kappa shape index (κ3) is 2.88. The molecular formula is C15H20N2O4S. The van der Waals surface area contributed by atoms with Crippen molar-refractivity contribution in [2.75, 3.05) is 33.3 Å². The molecule has 6 nitrogen and oxygen atoms in total. The molecule has 1 aliphatic carbocycles. The minimum absolute atomic E-state index is 0.0294. The Morgan fingerprint density at radius 2 is 1.77 bits per heavy atom. The lowest BCUT2D eigenvalue weighted by Crippen LogP contribution is -2.49. The number of hydrogen-bond acceptors (Lipinski definition) is 5. The summed E-state index contributed by atoms with van der Waals surface area (Å²) in [6.45, 7) is 2.44. The molecule has 22 heavy (non-hydrogen) atoms. The number of methoxy groups -OCH3 is 1. The van der Waals surface area contributed by atoms with E-state index in [4.69, 9.17) is 0 Å². The Bertz CT molecular complexity index is 662. The smallest absolute Gasteiger partial charge is 0.339 e. The fraction of sp³-hybridized carbons (Fsp3) is 0.533. The number of nitrogens with zero attached hydrogens (tertiary/aromatic N) is 2. The van der Waals surface area contributed by atoms with Crippen molar-refractivity contribution in [3.05, 3.63) is 29.8 Å². The predicted octanol–water partition coefficient (Wildman–Crippen LogP) is 0.942. The van der Waals surface area contributed by atoms with E-state index in [1.165, 1.54) is 36.4 Å². The van der Waals surface area contributed by atoms with Gasteiger partial charge in [-0.05, 0) is 25.0 Å². The van der Waals surface area contributed by atoms with Crippen molar-refractivity contribution in [1.82, 2.24) is 9.21 Å². The number of sulfonamides is 1. The molecule has 1 aromatic rings. The van der Waals surface area contributed by atoms with Gasteiger partial charge in [-0.2, -0.15) is 4.31 Å². The molecule has 0 N–H and O–H groups in total. The second kappa shape index (κ2) is 5.98. The maximum Gasteiger partial charge on any atom is 0.339 e. The van der Waals surface area contributed by atoms with E-state index in [2.05, 4.69) is 9.64 Å². The van der Waals surface area contributed by atoms with E-state index in [9.17, 15) is 13.2 Å². The van der Waals surface area contributed by atoms with Crippen LogP contribution in [-0.2, 0) is 14.8 Å². The third-order valence-corrected chi connectivity index (χ3v) is 6.20. The lowest BCUT2D eigenvalue weighted by atomic mass is 10.2. The van der Waals surface area contributed by atoms with Crippen molar-refractivity contribution in [2.45, 2.75) is 23.8 Å². The van der Waals surface area contributed by atoms with Crippen LogP contribution >= 0.6 is 0 Å². The lowest BCUT2D eigenvalue weighted by Gasteiger charge is -2.34. The quantitative estimate of drug-likeness (QED) is 0.771. The van der Waals surface area contributed by atoms with Crippen LogP contribution in [0.5, 0.6) is 0 Å². The summed E-state index contributed by atoms with van der Waals surface area (Å²) in [4.78, 5) is 14.2. The van der Waals surface area contributed by atoms with E-state index in [1.807, 2.05) is 0 Å². The van der Waals surface area contributed by atoms with E-state index in [1.54, 1.807) is 12.1 Å². The van der Waals surface area contributed by atoms with Crippen LogP contribution in [0.1, 0.15) is 23.2 Å². The molecule has 2 aliphatic rings. The van der Waals surface area contributed by atoms with Gasteiger partial charge in [-0.3, -0.25) is 4.90 Å². The zero-order valence-electron chi connectivity index (χ0n) is 12.6. The van der Waals surface area contributed by atoms with Crippen LogP contribution in [-0.4, -0.2) is 62.9 Å². The highest BCUT2D eigenvalue weighted by Gasteiger charge is 2.36. The second-order valence-corrected chi connectivity index (χ2v) is 7.57. The van der Waals surface area contributed by atoms with E-state index in [0.29, 0.717) is 19.1 Å². The molecule has 7 heteroatoms. The molecule has 1 aliphatic heterocycles. The highest BCUT2D eigenvalue weighted by Crippen LogP contribution is 2.29. The highest BCUT2D eigenvalue weighted by atomic mass is 32.2. The normalized spacial score (nSPS) is 20.8. The third-order valence-electron chi connectivity index (χ3n) is 4.25. The van der Waals surface area contributed by atoms with Gasteiger partial charge in [-0.15, -0.1) is 0 Å². The van der Waals surface area contributed by atoms with Crippen molar-refractivity contribution in [1.29, 1.82) is 0 Å². The Kier molecular flexibility index (Phi) is 4.20. The molecule has 0 bridgehead atoms. The van der Waals surface area contributed by atoms with E-state index in [0.717, 1.165) is 13.1 Å². The minimum atomic E-state index is -3.67. The number of carbonyl (C=O) groups is 1. The van der Waals surface area contributed by atoms with Crippen LogP contribution in [0.4, 0.5) is 0 Å². The standard InChI is InChI=1S/C15H20N2O4S/c1-21-15(18)13-4-2-3-5-14(13)22(19,20)17-10-8-16(9-11-17)12-6-7-12/h2-5,12H,6-11H2,1H3. The van der Waals surface area contributed by atoms with Gasteiger partial charge < -0.3 is 4.74 Å². The first-order valence-electron chi connectivity index (χ1n) is 7.45. The number of benzene rings is 1. The number of piperazine rings is 1. The minimum Gasteiger partial charge on any atom is -0.465 e. The fourth-order valence-corrected chi connectivity index (χ4v) is 4.46. The van der Waals surface area contributed by atoms with Gasteiger partial charge >= 0.3 is 5.97 Å². The molecule has 120 valence electrons. The van der Waals surface area contributed by atoms with Gasteiger partial charge in [-0.1, -0.05) is 12.1 Å². The Balaban J connectivity index is 1.82. The van der Waals surface area contributed by atoms with Crippen LogP contribution < -0.4 is 0 Å². The molecule has 1 heterocycles. The molecule has 1 saturated carbocycles. The second-order valence-electron chi connectivity index (χ2n) is 5.66. The first-order valence-corrected chi connectivity index (χ1v) is 8.89. The Labute approximate surface area is 130 Å². The maximum atomic E-state index is 12.8. The fourth-order valence-electron chi connectivity index (χ4n) is 2.86. The summed E-state index contributed by atoms with van der Waals surface area (Å²) in [5.74, 6) is -0.629. The largest absolute Gasteiger partial charge is 0.465 e. The maximum absolute atomic E-state index is 12.8. The van der Waals surface area contributed by atoms with E-state index < -0.39 is 16.0 Å². The molecule has 2 fully saturated rings. The van der Waals surface area contributed by atoms with Crippen molar-refractivity contribution in [3.8, 4) is 0 Å². The summed E-state index contributed by atoms with van der Waals surface area (Å²) in [5.41, 5.74) is 0.0922. The Hall–Kier alpha value is -1.44. The number of esters is 1. The van der Waals surface area contributed by atoms with Crippen molar-refractivity contribution in [3.63, 3.8) is 0 Å². The predicted molar refractivity (Wildman–Crippen MR) is 81.1 cm³/mol. The zero-order chi connectivity index (χ0) is 15.7.